The molecule has 0 bridgehead atoms. The van der Waals surface area contributed by atoms with Gasteiger partial charge in [-0.05, 0) is 6.07 Å². The number of nitrogens with two attached hydrogens (primary N) is 2. The molecule has 0 aromatic carbocycles. The second-order valence-electron chi connectivity index (χ2n) is 3.12. The Morgan fingerprint density at radius 3 is 2.94 bits per heavy atom. The van der Waals surface area contributed by atoms with Crippen molar-refractivity contribution in [1.29, 1.82) is 0 Å². The number of carboxylic acid groups (broad SMARTS) is 1. The van der Waals surface area contributed by atoms with Gasteiger partial charge in [0.05, 0.1) is 6.04 Å². The van der Waals surface area contributed by atoms with E-state index in [1.54, 1.807) is 0 Å². The van der Waals surface area contributed by atoms with Crippen molar-refractivity contribution < 1.29 is 14.6 Å². The first-order valence-corrected chi connectivity index (χ1v) is 4.43. The summed E-state index contributed by atoms with van der Waals surface area (Å²) in [7, 11) is 0. The molecule has 0 saturated carbocycles. The van der Waals surface area contributed by atoms with Crippen molar-refractivity contribution in [2.45, 2.75) is 12.6 Å². The number of aromatic nitrogens is 2. The summed E-state index contributed by atoms with van der Waals surface area (Å²) in [5.74, 6) is 0.122. The summed E-state index contributed by atoms with van der Waals surface area (Å²) in [6, 6.07) is 0.839. The molecule has 0 fully saturated rings. The standard InChI is InChI=1S/C8H12N4O4/c9-5(4-16-8(14)15)3-12-2-1-6(10)11-7(12)13/h1-2,5H,3-4,9H2,(H,14,15)(H2,10,11,13). The number of rotatable bonds is 4. The van der Waals surface area contributed by atoms with Gasteiger partial charge in [0.2, 0.25) is 0 Å². The minimum Gasteiger partial charge on any atom is -0.450 e. The molecule has 0 aliphatic rings. The third-order valence-electron chi connectivity index (χ3n) is 1.75. The molecule has 88 valence electrons. The molecule has 0 radical (unpaired) electrons. The van der Waals surface area contributed by atoms with Crippen LogP contribution in [0.4, 0.5) is 10.6 Å². The highest BCUT2D eigenvalue weighted by atomic mass is 16.7. The molecule has 1 aromatic heterocycles. The van der Waals surface area contributed by atoms with Gasteiger partial charge in [-0.15, -0.1) is 0 Å². The number of ether oxygens (including phenoxy) is 1. The normalized spacial score (nSPS) is 12.1. The van der Waals surface area contributed by atoms with Crippen LogP contribution in [0.3, 0.4) is 0 Å². The zero-order valence-electron chi connectivity index (χ0n) is 8.37. The van der Waals surface area contributed by atoms with Gasteiger partial charge in [0, 0.05) is 12.7 Å². The Labute approximate surface area is 90.5 Å². The van der Waals surface area contributed by atoms with Gasteiger partial charge in [0.15, 0.2) is 0 Å². The number of nitrogens with zero attached hydrogens (tertiary/aromatic N) is 2. The number of hydrogen-bond acceptors (Lipinski definition) is 6. The van der Waals surface area contributed by atoms with Crippen molar-refractivity contribution in [2.24, 2.45) is 5.73 Å². The molecule has 1 unspecified atom stereocenters. The SMILES string of the molecule is Nc1ccn(CC(N)COC(=O)O)c(=O)n1. The Morgan fingerprint density at radius 1 is 1.69 bits per heavy atom. The maximum atomic E-state index is 11.3. The van der Waals surface area contributed by atoms with E-state index in [1.807, 2.05) is 0 Å². The lowest BCUT2D eigenvalue weighted by Crippen LogP contribution is -2.36. The van der Waals surface area contributed by atoms with E-state index in [0.717, 1.165) is 0 Å². The Morgan fingerprint density at radius 2 is 2.38 bits per heavy atom. The average molecular weight is 228 g/mol. The molecule has 1 atom stereocenters. The highest BCUT2D eigenvalue weighted by Crippen LogP contribution is 1.92. The predicted octanol–water partition coefficient (Wildman–Crippen LogP) is -1.15. The van der Waals surface area contributed by atoms with Gasteiger partial charge in [-0.1, -0.05) is 0 Å². The molecule has 1 aromatic rings. The van der Waals surface area contributed by atoms with Crippen LogP contribution in [0.15, 0.2) is 17.1 Å². The summed E-state index contributed by atoms with van der Waals surface area (Å²) < 4.78 is 5.50. The molecule has 0 spiro atoms. The maximum Gasteiger partial charge on any atom is 0.505 e. The van der Waals surface area contributed by atoms with Crippen LogP contribution in [0.1, 0.15) is 0 Å². The Bertz CT molecular complexity index is 430. The van der Waals surface area contributed by atoms with Gasteiger partial charge in [-0.25, -0.2) is 9.59 Å². The molecule has 1 heterocycles. The van der Waals surface area contributed by atoms with E-state index in [0.29, 0.717) is 0 Å². The molecule has 5 N–H and O–H groups in total. The van der Waals surface area contributed by atoms with E-state index >= 15 is 0 Å². The molecule has 8 heteroatoms. The van der Waals surface area contributed by atoms with E-state index in [2.05, 4.69) is 9.72 Å². The fourth-order valence-corrected chi connectivity index (χ4v) is 1.06. The monoisotopic (exact) mass is 228 g/mol. The average Bonchev–Trinajstić information content (AvgIpc) is 2.19. The highest BCUT2D eigenvalue weighted by molar-refractivity contribution is 5.56. The quantitative estimate of drug-likeness (QED) is 0.554. The smallest absolute Gasteiger partial charge is 0.450 e. The number of hydrogen-bond donors (Lipinski definition) is 3. The van der Waals surface area contributed by atoms with Crippen LogP contribution in [0.2, 0.25) is 0 Å². The lowest BCUT2D eigenvalue weighted by atomic mass is 10.3. The van der Waals surface area contributed by atoms with Crippen molar-refractivity contribution in [2.75, 3.05) is 12.3 Å². The first-order chi connectivity index (χ1) is 7.49. The first kappa shape index (κ1) is 12.0. The first-order valence-electron chi connectivity index (χ1n) is 4.43. The van der Waals surface area contributed by atoms with Crippen LogP contribution in [-0.2, 0) is 11.3 Å². The van der Waals surface area contributed by atoms with Crippen molar-refractivity contribution in [3.8, 4) is 0 Å². The topological polar surface area (TPSA) is 133 Å². The van der Waals surface area contributed by atoms with Gasteiger partial charge in [0.25, 0.3) is 0 Å². The second-order valence-corrected chi connectivity index (χ2v) is 3.12. The molecule has 0 amide bonds. The van der Waals surface area contributed by atoms with Gasteiger partial charge in [0.1, 0.15) is 12.4 Å². The van der Waals surface area contributed by atoms with Crippen LogP contribution in [0.5, 0.6) is 0 Å². The van der Waals surface area contributed by atoms with Crippen LogP contribution in [0.25, 0.3) is 0 Å². The number of carbonyl (C=O) groups is 1. The summed E-state index contributed by atoms with van der Waals surface area (Å²) in [6.07, 6.45) is 0.0314. The number of nitrogen functional groups attached to an aromatic ring is 1. The second kappa shape index (κ2) is 5.12. The van der Waals surface area contributed by atoms with Crippen molar-refractivity contribution in [3.05, 3.63) is 22.7 Å². The third-order valence-corrected chi connectivity index (χ3v) is 1.75. The largest absolute Gasteiger partial charge is 0.505 e. The Kier molecular flexibility index (Phi) is 3.84. The number of anilines is 1. The molecule has 8 nitrogen and oxygen atoms in total. The lowest BCUT2D eigenvalue weighted by molar-refractivity contribution is 0.0844. The van der Waals surface area contributed by atoms with E-state index in [9.17, 15) is 9.59 Å². The predicted molar refractivity (Wildman–Crippen MR) is 54.9 cm³/mol. The van der Waals surface area contributed by atoms with Gasteiger partial charge in [-0.2, -0.15) is 4.98 Å². The summed E-state index contributed by atoms with van der Waals surface area (Å²) in [6.45, 7) is -0.0778. The fraction of sp³-hybridized carbons (Fsp3) is 0.375. The summed E-state index contributed by atoms with van der Waals surface area (Å²) in [4.78, 5) is 24.9. The third kappa shape index (κ3) is 3.58. The highest BCUT2D eigenvalue weighted by Gasteiger charge is 2.08. The fourth-order valence-electron chi connectivity index (χ4n) is 1.06. The van der Waals surface area contributed by atoms with Crippen LogP contribution < -0.4 is 17.2 Å². The van der Waals surface area contributed by atoms with Gasteiger partial charge in [-0.3, -0.25) is 4.57 Å². The zero-order valence-corrected chi connectivity index (χ0v) is 8.37. The zero-order chi connectivity index (χ0) is 12.1. The van der Waals surface area contributed by atoms with Crippen molar-refractivity contribution in [3.63, 3.8) is 0 Å². The lowest BCUT2D eigenvalue weighted by Gasteiger charge is -2.12. The maximum absolute atomic E-state index is 11.3. The van der Waals surface area contributed by atoms with Crippen molar-refractivity contribution >= 4 is 12.0 Å². The summed E-state index contributed by atoms with van der Waals surface area (Å²) >= 11 is 0. The Hall–Kier alpha value is -2.09. The summed E-state index contributed by atoms with van der Waals surface area (Å²) in [5, 5.41) is 8.24. The molecule has 0 saturated heterocycles. The van der Waals surface area contributed by atoms with E-state index in [-0.39, 0.29) is 19.0 Å². The van der Waals surface area contributed by atoms with E-state index in [1.165, 1.54) is 16.8 Å². The molecular weight excluding hydrogens is 216 g/mol. The van der Waals surface area contributed by atoms with Crippen LogP contribution in [0, 0.1) is 0 Å². The minimum absolute atomic E-state index is 0.111. The molecular formula is C8H12N4O4. The van der Waals surface area contributed by atoms with Gasteiger partial charge < -0.3 is 21.3 Å². The van der Waals surface area contributed by atoms with E-state index in [4.69, 9.17) is 16.6 Å². The molecule has 0 aliphatic carbocycles. The Balaban J connectivity index is 2.59. The van der Waals surface area contributed by atoms with Crippen LogP contribution in [-0.4, -0.2) is 33.5 Å². The van der Waals surface area contributed by atoms with Crippen LogP contribution >= 0.6 is 0 Å². The molecule has 0 aliphatic heterocycles. The van der Waals surface area contributed by atoms with Crippen molar-refractivity contribution in [1.82, 2.24) is 9.55 Å². The molecule has 1 rings (SSSR count). The van der Waals surface area contributed by atoms with Gasteiger partial charge >= 0.3 is 11.8 Å². The minimum atomic E-state index is -1.40. The molecule has 16 heavy (non-hydrogen) atoms. The van der Waals surface area contributed by atoms with E-state index < -0.39 is 17.9 Å². The summed E-state index contributed by atoms with van der Waals surface area (Å²) in [5.41, 5.74) is 10.3.